The summed E-state index contributed by atoms with van der Waals surface area (Å²) < 4.78 is 0. The second kappa shape index (κ2) is 7.95. The van der Waals surface area contributed by atoms with Crippen LogP contribution in [0.5, 0.6) is 0 Å². The first kappa shape index (κ1) is 17.4. The first-order chi connectivity index (χ1) is 9.85. The molecule has 1 aromatic carbocycles. The van der Waals surface area contributed by atoms with Gasteiger partial charge in [0.05, 0.1) is 17.1 Å². The van der Waals surface area contributed by atoms with E-state index in [1.54, 1.807) is 12.1 Å². The van der Waals surface area contributed by atoms with Gasteiger partial charge in [-0.3, -0.25) is 10.1 Å². The third-order valence-electron chi connectivity index (χ3n) is 3.20. The number of hydrogen-bond donors (Lipinski definition) is 1. The molecule has 1 rings (SSSR count). The Labute approximate surface area is 126 Å². The molecule has 118 valence electrons. The van der Waals surface area contributed by atoms with E-state index >= 15 is 0 Å². The highest BCUT2D eigenvalue weighted by molar-refractivity contribution is 5.55. The number of likely N-dealkylation sites (N-methyl/N-ethyl adjacent to an activating group) is 1. The molecule has 1 aromatic rings. The number of rotatable bonds is 8. The molecule has 0 aliphatic carbocycles. The number of anilines is 1. The van der Waals surface area contributed by atoms with E-state index in [2.05, 4.69) is 23.6 Å². The number of nitro groups is 1. The van der Waals surface area contributed by atoms with Crippen LogP contribution in [0.15, 0.2) is 18.2 Å². The lowest BCUT2D eigenvalue weighted by Gasteiger charge is -2.28. The molecule has 0 atom stereocenters. The predicted octanol–water partition coefficient (Wildman–Crippen LogP) is 2.11. The van der Waals surface area contributed by atoms with Gasteiger partial charge in [-0.1, -0.05) is 13.8 Å². The van der Waals surface area contributed by atoms with Gasteiger partial charge in [-0.2, -0.15) is 0 Å². The smallest absolute Gasteiger partial charge is 0.275 e. The van der Waals surface area contributed by atoms with Crippen molar-refractivity contribution in [2.45, 2.75) is 20.5 Å². The number of benzene rings is 1. The monoisotopic (exact) mass is 295 g/mol. The molecule has 0 radical (unpaired) electrons. The van der Waals surface area contributed by atoms with Crippen LogP contribution in [0.2, 0.25) is 0 Å². The molecule has 0 aliphatic rings. The Balaban J connectivity index is 3.03. The molecular weight excluding hydrogens is 270 g/mol. The number of aliphatic hydroxyl groups is 1. The van der Waals surface area contributed by atoms with Crippen LogP contribution in [-0.4, -0.2) is 48.7 Å². The van der Waals surface area contributed by atoms with Crippen molar-refractivity contribution < 1.29 is 10.0 Å². The van der Waals surface area contributed by atoms with Crippen LogP contribution in [-0.2, 0) is 6.61 Å². The SMILES string of the molecule is CC(C)CN(CCN(C)C)c1ccc([N+](=O)[O-])c(CO)c1. The highest BCUT2D eigenvalue weighted by Crippen LogP contribution is 2.25. The van der Waals surface area contributed by atoms with Crippen molar-refractivity contribution in [3.8, 4) is 0 Å². The fourth-order valence-corrected chi connectivity index (χ4v) is 2.16. The third-order valence-corrected chi connectivity index (χ3v) is 3.20. The summed E-state index contributed by atoms with van der Waals surface area (Å²) >= 11 is 0. The predicted molar refractivity (Wildman–Crippen MR) is 84.6 cm³/mol. The topological polar surface area (TPSA) is 69.9 Å². The Kier molecular flexibility index (Phi) is 6.58. The van der Waals surface area contributed by atoms with Crippen LogP contribution in [0, 0.1) is 16.0 Å². The molecule has 0 saturated heterocycles. The lowest BCUT2D eigenvalue weighted by Crippen LogP contribution is -2.34. The minimum Gasteiger partial charge on any atom is -0.391 e. The van der Waals surface area contributed by atoms with E-state index in [1.807, 2.05) is 14.1 Å². The maximum Gasteiger partial charge on any atom is 0.275 e. The van der Waals surface area contributed by atoms with Gasteiger partial charge in [-0.25, -0.2) is 0 Å². The molecule has 0 bridgehead atoms. The average molecular weight is 295 g/mol. The van der Waals surface area contributed by atoms with E-state index in [4.69, 9.17) is 0 Å². The van der Waals surface area contributed by atoms with E-state index in [-0.39, 0.29) is 12.3 Å². The lowest BCUT2D eigenvalue weighted by molar-refractivity contribution is -0.385. The maximum absolute atomic E-state index is 10.9. The zero-order chi connectivity index (χ0) is 16.0. The summed E-state index contributed by atoms with van der Waals surface area (Å²) in [6, 6.07) is 4.95. The van der Waals surface area contributed by atoms with Gasteiger partial charge in [0.15, 0.2) is 0 Å². The van der Waals surface area contributed by atoms with E-state index in [0.717, 1.165) is 25.3 Å². The molecule has 6 nitrogen and oxygen atoms in total. The summed E-state index contributed by atoms with van der Waals surface area (Å²) in [5.41, 5.74) is 1.25. The number of nitro benzene ring substituents is 1. The summed E-state index contributed by atoms with van der Waals surface area (Å²) in [5, 5.41) is 20.3. The molecule has 0 amide bonds. The Morgan fingerprint density at radius 2 is 1.95 bits per heavy atom. The minimum absolute atomic E-state index is 0.0293. The second-order valence-electron chi connectivity index (χ2n) is 5.87. The molecule has 1 N–H and O–H groups in total. The van der Waals surface area contributed by atoms with Crippen molar-refractivity contribution in [3.63, 3.8) is 0 Å². The van der Waals surface area contributed by atoms with Crippen LogP contribution < -0.4 is 4.90 Å². The molecule has 0 spiro atoms. The van der Waals surface area contributed by atoms with Crippen molar-refractivity contribution in [2.75, 3.05) is 38.6 Å². The van der Waals surface area contributed by atoms with Gasteiger partial charge < -0.3 is 14.9 Å². The summed E-state index contributed by atoms with van der Waals surface area (Å²) in [7, 11) is 4.03. The first-order valence-corrected chi connectivity index (χ1v) is 7.13. The van der Waals surface area contributed by atoms with Crippen LogP contribution in [0.3, 0.4) is 0 Å². The van der Waals surface area contributed by atoms with Gasteiger partial charge >= 0.3 is 0 Å². The van der Waals surface area contributed by atoms with Gasteiger partial charge in [0, 0.05) is 31.4 Å². The van der Waals surface area contributed by atoms with Gasteiger partial charge in [0.2, 0.25) is 0 Å². The van der Waals surface area contributed by atoms with Gasteiger partial charge in [0.1, 0.15) is 0 Å². The van der Waals surface area contributed by atoms with Crippen molar-refractivity contribution in [2.24, 2.45) is 5.92 Å². The molecule has 0 heterocycles. The van der Waals surface area contributed by atoms with Gasteiger partial charge in [0.25, 0.3) is 5.69 Å². The summed E-state index contributed by atoms with van der Waals surface area (Å²) in [6.45, 7) is 6.57. The summed E-state index contributed by atoms with van der Waals surface area (Å²) in [4.78, 5) is 14.8. The number of hydrogen-bond acceptors (Lipinski definition) is 5. The maximum atomic E-state index is 10.9. The lowest BCUT2D eigenvalue weighted by atomic mass is 10.1. The molecular formula is C15H25N3O3. The second-order valence-corrected chi connectivity index (χ2v) is 5.87. The number of aliphatic hydroxyl groups excluding tert-OH is 1. The Morgan fingerprint density at radius 3 is 2.43 bits per heavy atom. The highest BCUT2D eigenvalue weighted by atomic mass is 16.6. The third kappa shape index (κ3) is 5.32. The van der Waals surface area contributed by atoms with E-state index < -0.39 is 4.92 Å². The van der Waals surface area contributed by atoms with Crippen molar-refractivity contribution in [1.29, 1.82) is 0 Å². The molecule has 0 saturated carbocycles. The zero-order valence-electron chi connectivity index (χ0n) is 13.2. The molecule has 0 unspecified atom stereocenters. The van der Waals surface area contributed by atoms with Crippen LogP contribution >= 0.6 is 0 Å². The number of nitrogens with zero attached hydrogens (tertiary/aromatic N) is 3. The molecule has 0 aliphatic heterocycles. The van der Waals surface area contributed by atoms with E-state index in [1.165, 1.54) is 6.07 Å². The fraction of sp³-hybridized carbons (Fsp3) is 0.600. The van der Waals surface area contributed by atoms with Crippen molar-refractivity contribution in [3.05, 3.63) is 33.9 Å². The van der Waals surface area contributed by atoms with Crippen molar-refractivity contribution in [1.82, 2.24) is 4.90 Å². The van der Waals surface area contributed by atoms with E-state index in [9.17, 15) is 15.2 Å². The van der Waals surface area contributed by atoms with E-state index in [0.29, 0.717) is 11.5 Å². The minimum atomic E-state index is -0.456. The Hall–Kier alpha value is -1.66. The quantitative estimate of drug-likeness (QED) is 0.587. The molecule has 0 fully saturated rings. The first-order valence-electron chi connectivity index (χ1n) is 7.13. The zero-order valence-corrected chi connectivity index (χ0v) is 13.2. The standard InChI is InChI=1S/C15H25N3O3/c1-12(2)10-17(8-7-16(3)4)14-5-6-15(18(20)21)13(9-14)11-19/h5-6,9,12,19H,7-8,10-11H2,1-4H3. The van der Waals surface area contributed by atoms with Gasteiger partial charge in [-0.05, 0) is 32.1 Å². The van der Waals surface area contributed by atoms with Crippen LogP contribution in [0.25, 0.3) is 0 Å². The molecule has 0 aromatic heterocycles. The average Bonchev–Trinajstić information content (AvgIpc) is 2.42. The molecule has 6 heteroatoms. The largest absolute Gasteiger partial charge is 0.391 e. The van der Waals surface area contributed by atoms with Gasteiger partial charge in [-0.15, -0.1) is 0 Å². The Morgan fingerprint density at radius 1 is 1.29 bits per heavy atom. The highest BCUT2D eigenvalue weighted by Gasteiger charge is 2.16. The summed E-state index contributed by atoms with van der Waals surface area (Å²) in [5.74, 6) is 0.486. The van der Waals surface area contributed by atoms with Crippen molar-refractivity contribution >= 4 is 11.4 Å². The fourth-order valence-electron chi connectivity index (χ4n) is 2.16. The normalized spacial score (nSPS) is 11.2. The molecule has 21 heavy (non-hydrogen) atoms. The van der Waals surface area contributed by atoms with Crippen LogP contribution in [0.4, 0.5) is 11.4 Å². The summed E-state index contributed by atoms with van der Waals surface area (Å²) in [6.07, 6.45) is 0. The Bertz CT molecular complexity index is 475. The van der Waals surface area contributed by atoms with Crippen LogP contribution in [0.1, 0.15) is 19.4 Å².